The van der Waals surface area contributed by atoms with E-state index in [1.54, 1.807) is 0 Å². The zero-order valence-electron chi connectivity index (χ0n) is 15.5. The maximum Gasteiger partial charge on any atom is 0.251 e. The van der Waals surface area contributed by atoms with Crippen molar-refractivity contribution in [2.24, 2.45) is 0 Å². The van der Waals surface area contributed by atoms with E-state index in [0.717, 1.165) is 29.8 Å². The lowest BCUT2D eigenvalue weighted by atomic mass is 10.0. The van der Waals surface area contributed by atoms with Crippen LogP contribution in [-0.4, -0.2) is 19.0 Å². The van der Waals surface area contributed by atoms with Crippen LogP contribution in [0, 0.1) is 13.8 Å². The van der Waals surface area contributed by atoms with E-state index in [0.29, 0.717) is 0 Å². The van der Waals surface area contributed by atoms with Crippen molar-refractivity contribution in [3.63, 3.8) is 0 Å². The van der Waals surface area contributed by atoms with Crippen molar-refractivity contribution in [1.82, 2.24) is 5.32 Å². The molecule has 0 radical (unpaired) electrons. The first-order chi connectivity index (χ1) is 12.0. The minimum atomic E-state index is -0.0179. The van der Waals surface area contributed by atoms with E-state index >= 15 is 0 Å². The number of anilines is 1. The second kappa shape index (κ2) is 7.73. The number of aryl methyl sites for hydroxylation is 2. The van der Waals surface area contributed by atoms with Crippen LogP contribution >= 0.6 is 0 Å². The summed E-state index contributed by atoms with van der Waals surface area (Å²) in [5, 5.41) is 3.11. The van der Waals surface area contributed by atoms with Crippen LogP contribution in [0.5, 0.6) is 0 Å². The Morgan fingerprint density at radius 1 is 0.960 bits per heavy atom. The SMILES string of the molecule is Cc1ccc(C(=O)N[C@@H](C)c2ccc(N3CCCCC3)cc2)cc1C. The molecule has 1 aliphatic rings. The fraction of sp³-hybridized carbons (Fsp3) is 0.409. The van der Waals surface area contributed by atoms with Gasteiger partial charge >= 0.3 is 0 Å². The highest BCUT2D eigenvalue weighted by molar-refractivity contribution is 5.94. The smallest absolute Gasteiger partial charge is 0.251 e. The standard InChI is InChI=1S/C22H28N2O/c1-16-7-8-20(15-17(16)2)22(25)23-18(3)19-9-11-21(12-10-19)24-13-5-4-6-14-24/h7-12,15,18H,4-6,13-14H2,1-3H3,(H,23,25)/t18-/m0/s1. The van der Waals surface area contributed by atoms with Crippen molar-refractivity contribution in [3.8, 4) is 0 Å². The fourth-order valence-electron chi connectivity index (χ4n) is 3.37. The molecular formula is C22H28N2O. The molecule has 0 unspecified atom stereocenters. The lowest BCUT2D eigenvalue weighted by Crippen LogP contribution is -2.29. The highest BCUT2D eigenvalue weighted by Crippen LogP contribution is 2.22. The molecule has 0 saturated carbocycles. The summed E-state index contributed by atoms with van der Waals surface area (Å²) in [5.41, 5.74) is 5.50. The Hall–Kier alpha value is -2.29. The molecule has 0 spiro atoms. The normalized spacial score (nSPS) is 15.7. The van der Waals surface area contributed by atoms with Crippen molar-refractivity contribution < 1.29 is 4.79 Å². The zero-order chi connectivity index (χ0) is 17.8. The van der Waals surface area contributed by atoms with Crippen LogP contribution in [0.1, 0.15) is 59.3 Å². The van der Waals surface area contributed by atoms with Gasteiger partial charge in [-0.3, -0.25) is 4.79 Å². The maximum absolute atomic E-state index is 12.5. The lowest BCUT2D eigenvalue weighted by molar-refractivity contribution is 0.0940. The van der Waals surface area contributed by atoms with E-state index in [9.17, 15) is 4.79 Å². The van der Waals surface area contributed by atoms with Gasteiger partial charge in [0.25, 0.3) is 5.91 Å². The first-order valence-corrected chi connectivity index (χ1v) is 9.27. The Morgan fingerprint density at radius 2 is 1.64 bits per heavy atom. The summed E-state index contributed by atoms with van der Waals surface area (Å²) in [6.45, 7) is 8.43. The van der Waals surface area contributed by atoms with Gasteiger partial charge in [-0.25, -0.2) is 0 Å². The predicted molar refractivity (Wildman–Crippen MR) is 104 cm³/mol. The summed E-state index contributed by atoms with van der Waals surface area (Å²) < 4.78 is 0. The number of hydrogen-bond acceptors (Lipinski definition) is 2. The molecule has 132 valence electrons. The van der Waals surface area contributed by atoms with Gasteiger partial charge < -0.3 is 10.2 Å². The van der Waals surface area contributed by atoms with Gasteiger partial charge in [-0.2, -0.15) is 0 Å². The zero-order valence-corrected chi connectivity index (χ0v) is 15.5. The van der Waals surface area contributed by atoms with E-state index in [2.05, 4.69) is 41.4 Å². The Bertz CT molecular complexity index is 730. The van der Waals surface area contributed by atoms with E-state index < -0.39 is 0 Å². The minimum Gasteiger partial charge on any atom is -0.372 e. The first-order valence-electron chi connectivity index (χ1n) is 9.27. The number of carbonyl (C=O) groups is 1. The molecule has 1 fully saturated rings. The minimum absolute atomic E-state index is 0.00971. The van der Waals surface area contributed by atoms with E-state index in [1.807, 2.05) is 32.0 Å². The molecule has 2 aromatic rings. The van der Waals surface area contributed by atoms with E-state index in [-0.39, 0.29) is 11.9 Å². The molecule has 1 atom stereocenters. The molecule has 0 bridgehead atoms. The summed E-state index contributed by atoms with van der Waals surface area (Å²) >= 11 is 0. The van der Waals surface area contributed by atoms with E-state index in [4.69, 9.17) is 0 Å². The maximum atomic E-state index is 12.5. The highest BCUT2D eigenvalue weighted by Gasteiger charge is 2.14. The van der Waals surface area contributed by atoms with Crippen LogP contribution < -0.4 is 10.2 Å². The Kier molecular flexibility index (Phi) is 5.42. The van der Waals surface area contributed by atoms with Crippen molar-refractivity contribution in [3.05, 3.63) is 64.7 Å². The summed E-state index contributed by atoms with van der Waals surface area (Å²) in [7, 11) is 0. The molecule has 0 aromatic heterocycles. The molecule has 1 saturated heterocycles. The number of rotatable bonds is 4. The molecule has 2 aromatic carbocycles. The largest absolute Gasteiger partial charge is 0.372 e. The molecule has 3 nitrogen and oxygen atoms in total. The number of nitrogens with zero attached hydrogens (tertiary/aromatic N) is 1. The molecular weight excluding hydrogens is 308 g/mol. The van der Waals surface area contributed by atoms with Crippen molar-refractivity contribution in [1.29, 1.82) is 0 Å². The lowest BCUT2D eigenvalue weighted by Gasteiger charge is -2.29. The van der Waals surface area contributed by atoms with Gasteiger partial charge in [0.2, 0.25) is 0 Å². The Morgan fingerprint density at radius 3 is 2.28 bits per heavy atom. The third-order valence-corrected chi connectivity index (χ3v) is 5.23. The third kappa shape index (κ3) is 4.22. The summed E-state index contributed by atoms with van der Waals surface area (Å²) in [4.78, 5) is 14.9. The van der Waals surface area contributed by atoms with Crippen LogP contribution in [0.2, 0.25) is 0 Å². The Balaban J connectivity index is 1.65. The van der Waals surface area contributed by atoms with Crippen LogP contribution in [0.4, 0.5) is 5.69 Å². The average molecular weight is 336 g/mol. The molecule has 1 amide bonds. The van der Waals surface area contributed by atoms with Gasteiger partial charge in [-0.1, -0.05) is 18.2 Å². The van der Waals surface area contributed by atoms with Gasteiger partial charge in [-0.15, -0.1) is 0 Å². The summed E-state index contributed by atoms with van der Waals surface area (Å²) in [6, 6.07) is 14.5. The number of benzene rings is 2. The quantitative estimate of drug-likeness (QED) is 0.871. The third-order valence-electron chi connectivity index (χ3n) is 5.23. The van der Waals surface area contributed by atoms with Crippen LogP contribution in [0.3, 0.4) is 0 Å². The molecule has 1 N–H and O–H groups in total. The molecule has 25 heavy (non-hydrogen) atoms. The molecule has 0 aliphatic carbocycles. The van der Waals surface area contributed by atoms with Crippen LogP contribution in [0.25, 0.3) is 0 Å². The molecule has 3 heteroatoms. The number of piperidine rings is 1. The van der Waals surface area contributed by atoms with E-state index in [1.165, 1.54) is 30.5 Å². The van der Waals surface area contributed by atoms with Gasteiger partial charge in [-0.05, 0) is 81.0 Å². The van der Waals surface area contributed by atoms with Crippen molar-refractivity contribution in [2.75, 3.05) is 18.0 Å². The topological polar surface area (TPSA) is 32.3 Å². The molecule has 1 heterocycles. The van der Waals surface area contributed by atoms with Crippen molar-refractivity contribution >= 4 is 11.6 Å². The van der Waals surface area contributed by atoms with Gasteiger partial charge in [0.15, 0.2) is 0 Å². The number of nitrogens with one attached hydrogen (secondary N) is 1. The van der Waals surface area contributed by atoms with Gasteiger partial charge in [0.1, 0.15) is 0 Å². The fourth-order valence-corrected chi connectivity index (χ4v) is 3.37. The van der Waals surface area contributed by atoms with Crippen LogP contribution in [0.15, 0.2) is 42.5 Å². The molecule has 3 rings (SSSR count). The predicted octanol–water partition coefficient (Wildman–Crippen LogP) is 4.78. The second-order valence-corrected chi connectivity index (χ2v) is 7.13. The monoisotopic (exact) mass is 336 g/mol. The molecule has 1 aliphatic heterocycles. The van der Waals surface area contributed by atoms with Gasteiger partial charge in [0.05, 0.1) is 6.04 Å². The van der Waals surface area contributed by atoms with Gasteiger partial charge in [0, 0.05) is 24.3 Å². The first kappa shape index (κ1) is 17.5. The summed E-state index contributed by atoms with van der Waals surface area (Å²) in [6.07, 6.45) is 3.91. The summed E-state index contributed by atoms with van der Waals surface area (Å²) in [5.74, 6) is -0.0179. The van der Waals surface area contributed by atoms with Crippen molar-refractivity contribution in [2.45, 2.75) is 46.1 Å². The Labute approximate surface area is 151 Å². The number of amides is 1. The number of hydrogen-bond donors (Lipinski definition) is 1. The average Bonchev–Trinajstić information content (AvgIpc) is 2.64. The van der Waals surface area contributed by atoms with Crippen LogP contribution in [-0.2, 0) is 0 Å². The second-order valence-electron chi connectivity index (χ2n) is 7.13. The number of carbonyl (C=O) groups excluding carboxylic acids is 1. The highest BCUT2D eigenvalue weighted by atomic mass is 16.1.